The van der Waals surface area contributed by atoms with Gasteiger partial charge in [0.1, 0.15) is 5.82 Å². The summed E-state index contributed by atoms with van der Waals surface area (Å²) in [5.41, 5.74) is 3.53. The zero-order chi connectivity index (χ0) is 21.0. The van der Waals surface area contributed by atoms with Gasteiger partial charge in [-0.1, -0.05) is 12.1 Å². The number of carbonyl (C=O) groups excluding carboxylic acids is 1. The van der Waals surface area contributed by atoms with E-state index >= 15 is 0 Å². The normalized spacial score (nSPS) is 10.9. The number of aryl methyl sites for hydroxylation is 2. The number of pyridine rings is 1. The third kappa shape index (κ3) is 4.81. The Kier molecular flexibility index (Phi) is 6.29. The Morgan fingerprint density at radius 3 is 2.59 bits per heavy atom. The average Bonchev–Trinajstić information content (AvgIpc) is 2.70. The molecule has 0 saturated heterocycles. The lowest BCUT2D eigenvalue weighted by Gasteiger charge is -2.23. The Labute approximate surface area is 168 Å². The number of carbonyl (C=O) groups is 1. The molecule has 0 aliphatic rings. The van der Waals surface area contributed by atoms with Crippen molar-refractivity contribution in [3.63, 3.8) is 0 Å². The zero-order valence-corrected chi connectivity index (χ0v) is 16.5. The van der Waals surface area contributed by atoms with Crippen molar-refractivity contribution in [2.24, 2.45) is 0 Å². The molecule has 3 rings (SSSR count). The van der Waals surface area contributed by atoms with Crippen molar-refractivity contribution >= 4 is 22.6 Å². The minimum atomic E-state index is -0.426. The van der Waals surface area contributed by atoms with Gasteiger partial charge in [0.25, 0.3) is 5.56 Å². The van der Waals surface area contributed by atoms with Gasteiger partial charge >= 0.3 is 6.03 Å². The first-order valence-corrected chi connectivity index (χ1v) is 9.43. The number of H-pyrrole nitrogens is 1. The summed E-state index contributed by atoms with van der Waals surface area (Å²) >= 11 is 0. The molecule has 0 bridgehead atoms. The molecule has 0 spiro atoms. The molecule has 3 aromatic rings. The molecule has 0 aliphatic carbocycles. The van der Waals surface area contributed by atoms with Gasteiger partial charge in [-0.3, -0.25) is 4.79 Å². The van der Waals surface area contributed by atoms with Crippen molar-refractivity contribution < 1.29 is 14.3 Å². The summed E-state index contributed by atoms with van der Waals surface area (Å²) in [5.74, 6) is -0.395. The number of aliphatic hydroxyl groups is 1. The summed E-state index contributed by atoms with van der Waals surface area (Å²) < 4.78 is 13.1. The third-order valence-corrected chi connectivity index (χ3v) is 4.96. The Morgan fingerprint density at radius 1 is 1.17 bits per heavy atom. The van der Waals surface area contributed by atoms with E-state index in [0.717, 1.165) is 22.0 Å². The molecular formula is C22H24FN3O3. The standard InChI is InChI=1S/C22H24FN3O3/c1-14-4-5-16-12-17(21(28)25-20(16)15(14)2)13-26(10-3-11-27)22(29)24-19-8-6-18(23)7-9-19/h4-9,12,27H,3,10-11,13H2,1-2H3,(H,24,29)(H,25,28). The number of nitrogens with zero attached hydrogens (tertiary/aromatic N) is 1. The second kappa shape index (κ2) is 8.87. The summed E-state index contributed by atoms with van der Waals surface area (Å²) in [6, 6.07) is 10.7. The number of hydrogen-bond acceptors (Lipinski definition) is 3. The summed E-state index contributed by atoms with van der Waals surface area (Å²) in [7, 11) is 0. The SMILES string of the molecule is Cc1ccc2cc(CN(CCCO)C(=O)Nc3ccc(F)cc3)c(=O)[nH]c2c1C. The van der Waals surface area contributed by atoms with Crippen molar-refractivity contribution in [2.75, 3.05) is 18.5 Å². The number of fused-ring (bicyclic) bond motifs is 1. The third-order valence-electron chi connectivity index (χ3n) is 4.96. The van der Waals surface area contributed by atoms with Crippen LogP contribution in [0.15, 0.2) is 47.3 Å². The van der Waals surface area contributed by atoms with E-state index in [1.807, 2.05) is 26.0 Å². The number of benzene rings is 2. The number of aromatic amines is 1. The first-order valence-electron chi connectivity index (χ1n) is 9.43. The van der Waals surface area contributed by atoms with Gasteiger partial charge in [0.2, 0.25) is 0 Å². The molecule has 1 heterocycles. The maximum absolute atomic E-state index is 13.1. The number of urea groups is 1. The van der Waals surface area contributed by atoms with Crippen LogP contribution < -0.4 is 10.9 Å². The average molecular weight is 397 g/mol. The second-order valence-electron chi connectivity index (χ2n) is 7.03. The molecule has 6 nitrogen and oxygen atoms in total. The number of nitrogens with one attached hydrogen (secondary N) is 2. The van der Waals surface area contributed by atoms with Crippen LogP contribution in [0.2, 0.25) is 0 Å². The molecule has 0 atom stereocenters. The van der Waals surface area contributed by atoms with E-state index < -0.39 is 11.8 Å². The molecule has 0 radical (unpaired) electrons. The minimum Gasteiger partial charge on any atom is -0.396 e. The molecule has 29 heavy (non-hydrogen) atoms. The molecule has 3 N–H and O–H groups in total. The van der Waals surface area contributed by atoms with E-state index in [9.17, 15) is 14.0 Å². The zero-order valence-electron chi connectivity index (χ0n) is 16.5. The van der Waals surface area contributed by atoms with Gasteiger partial charge in [-0.05, 0) is 67.1 Å². The number of aromatic nitrogens is 1. The maximum atomic E-state index is 13.1. The molecule has 7 heteroatoms. The summed E-state index contributed by atoms with van der Waals surface area (Å²) in [5, 5.41) is 12.8. The van der Waals surface area contributed by atoms with Crippen molar-refractivity contribution in [2.45, 2.75) is 26.8 Å². The number of rotatable bonds is 6. The van der Waals surface area contributed by atoms with E-state index in [0.29, 0.717) is 17.7 Å². The number of anilines is 1. The van der Waals surface area contributed by atoms with E-state index in [4.69, 9.17) is 5.11 Å². The topological polar surface area (TPSA) is 85.4 Å². The Balaban J connectivity index is 1.86. The number of aliphatic hydroxyl groups excluding tert-OH is 1. The number of hydrogen-bond donors (Lipinski definition) is 3. The maximum Gasteiger partial charge on any atom is 0.322 e. The van der Waals surface area contributed by atoms with Gasteiger partial charge in [-0.25, -0.2) is 9.18 Å². The van der Waals surface area contributed by atoms with Crippen molar-refractivity contribution in [3.8, 4) is 0 Å². The lowest BCUT2D eigenvalue weighted by atomic mass is 10.0. The Morgan fingerprint density at radius 2 is 1.90 bits per heavy atom. The molecule has 0 unspecified atom stereocenters. The van der Waals surface area contributed by atoms with Crippen LogP contribution in [0, 0.1) is 19.7 Å². The molecule has 2 aromatic carbocycles. The fourth-order valence-corrected chi connectivity index (χ4v) is 3.14. The van der Waals surface area contributed by atoms with Gasteiger partial charge in [0.05, 0.1) is 12.1 Å². The van der Waals surface area contributed by atoms with Crippen molar-refractivity contribution in [1.29, 1.82) is 0 Å². The van der Waals surface area contributed by atoms with E-state index in [1.54, 1.807) is 6.07 Å². The lowest BCUT2D eigenvalue weighted by Crippen LogP contribution is -2.37. The van der Waals surface area contributed by atoms with Crippen molar-refractivity contribution in [3.05, 3.63) is 75.3 Å². The van der Waals surface area contributed by atoms with E-state index in [-0.39, 0.29) is 25.3 Å². The highest BCUT2D eigenvalue weighted by atomic mass is 19.1. The van der Waals surface area contributed by atoms with Gasteiger partial charge < -0.3 is 20.3 Å². The highest BCUT2D eigenvalue weighted by Crippen LogP contribution is 2.19. The molecule has 0 saturated carbocycles. The second-order valence-corrected chi connectivity index (χ2v) is 7.03. The molecular weight excluding hydrogens is 373 g/mol. The number of amides is 2. The lowest BCUT2D eigenvalue weighted by molar-refractivity contribution is 0.199. The fourth-order valence-electron chi connectivity index (χ4n) is 3.14. The summed E-state index contributed by atoms with van der Waals surface area (Å²) in [4.78, 5) is 29.7. The highest BCUT2D eigenvalue weighted by Gasteiger charge is 2.17. The predicted molar refractivity (Wildman–Crippen MR) is 112 cm³/mol. The van der Waals surface area contributed by atoms with E-state index in [2.05, 4.69) is 10.3 Å². The minimum absolute atomic E-state index is 0.0765. The predicted octanol–water partition coefficient (Wildman–Crippen LogP) is 3.70. The Hall–Kier alpha value is -3.19. The monoisotopic (exact) mass is 397 g/mol. The highest BCUT2D eigenvalue weighted by molar-refractivity contribution is 5.89. The van der Waals surface area contributed by atoms with Crippen molar-refractivity contribution in [1.82, 2.24) is 9.88 Å². The van der Waals surface area contributed by atoms with Gasteiger partial charge in [-0.15, -0.1) is 0 Å². The first kappa shape index (κ1) is 20.5. The largest absolute Gasteiger partial charge is 0.396 e. The van der Waals surface area contributed by atoms with Gasteiger partial charge in [0, 0.05) is 24.4 Å². The van der Waals surface area contributed by atoms with Crippen LogP contribution in [0.4, 0.5) is 14.9 Å². The molecule has 0 aliphatic heterocycles. The quantitative estimate of drug-likeness (QED) is 0.593. The summed E-state index contributed by atoms with van der Waals surface area (Å²) in [6.45, 7) is 4.22. The molecule has 152 valence electrons. The van der Waals surface area contributed by atoms with E-state index in [1.165, 1.54) is 29.2 Å². The fraction of sp³-hybridized carbons (Fsp3) is 0.273. The van der Waals surface area contributed by atoms with Crippen LogP contribution in [0.3, 0.4) is 0 Å². The first-order chi connectivity index (χ1) is 13.9. The molecule has 0 fully saturated rings. The van der Waals surface area contributed by atoms with Crippen LogP contribution >= 0.6 is 0 Å². The van der Waals surface area contributed by atoms with Crippen LogP contribution in [-0.4, -0.2) is 34.2 Å². The van der Waals surface area contributed by atoms with Crippen LogP contribution in [0.25, 0.3) is 10.9 Å². The van der Waals surface area contributed by atoms with Crippen LogP contribution in [-0.2, 0) is 6.54 Å². The molecule has 1 aromatic heterocycles. The smallest absolute Gasteiger partial charge is 0.322 e. The van der Waals surface area contributed by atoms with Gasteiger partial charge in [0.15, 0.2) is 0 Å². The molecule has 2 amide bonds. The Bertz CT molecular complexity index is 1080. The number of halogens is 1. The van der Waals surface area contributed by atoms with Crippen LogP contribution in [0.1, 0.15) is 23.1 Å². The summed E-state index contributed by atoms with van der Waals surface area (Å²) in [6.07, 6.45) is 0.376. The van der Waals surface area contributed by atoms with Gasteiger partial charge in [-0.2, -0.15) is 0 Å². The van der Waals surface area contributed by atoms with Crippen LogP contribution in [0.5, 0.6) is 0 Å².